The molecule has 35 heavy (non-hydrogen) atoms. The summed E-state index contributed by atoms with van der Waals surface area (Å²) in [6.45, 7) is 5.48. The van der Waals surface area contributed by atoms with Gasteiger partial charge in [-0.1, -0.05) is 13.0 Å². The predicted molar refractivity (Wildman–Crippen MR) is 132 cm³/mol. The lowest BCUT2D eigenvalue weighted by molar-refractivity contribution is 0.211. The second kappa shape index (κ2) is 8.58. The molecular weight excluding hydrogens is 464 g/mol. The van der Waals surface area contributed by atoms with Gasteiger partial charge >= 0.3 is 10.0 Å². The number of nitrogens with one attached hydrogen (secondary N) is 1. The van der Waals surface area contributed by atoms with Crippen molar-refractivity contribution in [3.05, 3.63) is 60.9 Å². The fourth-order valence-electron chi connectivity index (χ4n) is 5.01. The van der Waals surface area contributed by atoms with Crippen LogP contribution in [0.2, 0.25) is 0 Å². The average Bonchev–Trinajstić information content (AvgIpc) is 3.62. The lowest BCUT2D eigenvalue weighted by Crippen LogP contribution is -2.33. The highest BCUT2D eigenvalue weighted by Crippen LogP contribution is 2.34. The average molecular weight is 491 g/mol. The van der Waals surface area contributed by atoms with Gasteiger partial charge < -0.3 is 4.90 Å². The van der Waals surface area contributed by atoms with E-state index in [1.54, 1.807) is 35.1 Å². The molecule has 0 aromatic carbocycles. The number of pyridine rings is 2. The zero-order valence-electron chi connectivity index (χ0n) is 19.4. The molecule has 1 saturated heterocycles. The van der Waals surface area contributed by atoms with Crippen molar-refractivity contribution in [2.24, 2.45) is 0 Å². The van der Waals surface area contributed by atoms with E-state index in [1.165, 1.54) is 12.4 Å². The lowest BCUT2D eigenvalue weighted by atomic mass is 9.90. The maximum absolute atomic E-state index is 13.6. The Morgan fingerprint density at radius 3 is 2.77 bits per heavy atom. The van der Waals surface area contributed by atoms with Gasteiger partial charge in [0.1, 0.15) is 16.7 Å². The Hall–Kier alpha value is -3.57. The van der Waals surface area contributed by atoms with E-state index in [0.717, 1.165) is 59.8 Å². The smallest absolute Gasteiger partial charge is 0.301 e. The molecule has 6 rings (SSSR count). The Labute approximate surface area is 202 Å². The van der Waals surface area contributed by atoms with Gasteiger partial charge in [-0.25, -0.2) is 4.98 Å². The van der Waals surface area contributed by atoms with E-state index >= 15 is 0 Å². The molecule has 11 heteroatoms. The first kappa shape index (κ1) is 21.9. The molecule has 0 bridgehead atoms. The molecule has 0 spiro atoms. The van der Waals surface area contributed by atoms with Crippen LogP contribution in [0.15, 0.2) is 60.3 Å². The fourth-order valence-corrected chi connectivity index (χ4v) is 6.35. The van der Waals surface area contributed by atoms with E-state index < -0.39 is 10.0 Å². The van der Waals surface area contributed by atoms with Crippen LogP contribution < -0.4 is 0 Å². The Kier molecular flexibility index (Phi) is 5.37. The summed E-state index contributed by atoms with van der Waals surface area (Å²) in [7, 11) is -4.00. The van der Waals surface area contributed by atoms with Gasteiger partial charge in [0.15, 0.2) is 5.03 Å². The molecule has 0 saturated carbocycles. The first-order valence-electron chi connectivity index (χ1n) is 11.8. The molecule has 0 aliphatic carbocycles. The van der Waals surface area contributed by atoms with Crippen molar-refractivity contribution in [2.75, 3.05) is 19.6 Å². The maximum atomic E-state index is 13.6. The molecule has 1 fully saturated rings. The Bertz CT molecular complexity index is 1610. The second-order valence-electron chi connectivity index (χ2n) is 8.96. The molecule has 1 aliphatic heterocycles. The van der Waals surface area contributed by atoms with Gasteiger partial charge in [0.2, 0.25) is 0 Å². The van der Waals surface area contributed by atoms with Crippen molar-refractivity contribution in [3.8, 4) is 11.1 Å². The number of H-pyrrole nitrogens is 1. The third kappa shape index (κ3) is 3.71. The third-order valence-electron chi connectivity index (χ3n) is 6.78. The largest absolute Gasteiger partial charge is 0.303 e. The van der Waals surface area contributed by atoms with Crippen LogP contribution in [0.25, 0.3) is 27.8 Å². The van der Waals surface area contributed by atoms with Gasteiger partial charge in [-0.2, -0.15) is 22.7 Å². The van der Waals surface area contributed by atoms with Crippen molar-refractivity contribution in [1.82, 2.24) is 38.7 Å². The number of likely N-dealkylation sites (tertiary alicyclic amines) is 1. The molecule has 180 valence electrons. The number of piperidine rings is 1. The number of fused-ring (bicyclic) bond motifs is 2. The van der Waals surface area contributed by atoms with Crippen LogP contribution in [0.3, 0.4) is 0 Å². The van der Waals surface area contributed by atoms with Crippen LogP contribution in [0, 0.1) is 0 Å². The highest BCUT2D eigenvalue weighted by Gasteiger charge is 2.27. The number of hydrogen-bond donors (Lipinski definition) is 1. The van der Waals surface area contributed by atoms with Gasteiger partial charge in [-0.3, -0.25) is 14.5 Å². The normalized spacial score (nSPS) is 15.9. The van der Waals surface area contributed by atoms with Crippen LogP contribution in [-0.4, -0.2) is 66.7 Å². The van der Waals surface area contributed by atoms with E-state index in [4.69, 9.17) is 0 Å². The minimum Gasteiger partial charge on any atom is -0.303 e. The zero-order valence-corrected chi connectivity index (χ0v) is 20.2. The van der Waals surface area contributed by atoms with Crippen molar-refractivity contribution in [1.29, 1.82) is 0 Å². The van der Waals surface area contributed by atoms with Crippen molar-refractivity contribution >= 4 is 26.7 Å². The number of hydrogen-bond acceptors (Lipinski definition) is 7. The monoisotopic (exact) mass is 490 g/mol. The summed E-state index contributed by atoms with van der Waals surface area (Å²) in [5.41, 5.74) is 4.32. The van der Waals surface area contributed by atoms with Crippen molar-refractivity contribution in [3.63, 3.8) is 0 Å². The zero-order chi connectivity index (χ0) is 24.0. The SMILES string of the molecule is CCCN1CCC(c2[nH]ncc2-c2cnc3cnn(S(=O)(=O)c4cnc5ccccn45)c3c2)CC1. The molecular formula is C24H26N8O2S. The number of imidazole rings is 1. The Morgan fingerprint density at radius 2 is 1.94 bits per heavy atom. The van der Waals surface area contributed by atoms with Crippen LogP contribution in [0.5, 0.6) is 0 Å². The molecule has 6 heterocycles. The summed E-state index contributed by atoms with van der Waals surface area (Å²) in [4.78, 5) is 11.2. The van der Waals surface area contributed by atoms with E-state index in [-0.39, 0.29) is 5.03 Å². The van der Waals surface area contributed by atoms with E-state index in [0.29, 0.717) is 22.6 Å². The van der Waals surface area contributed by atoms with Gasteiger partial charge in [-0.05, 0) is 57.1 Å². The highest BCUT2D eigenvalue weighted by atomic mass is 32.2. The quantitative estimate of drug-likeness (QED) is 0.388. The summed E-state index contributed by atoms with van der Waals surface area (Å²) in [5.74, 6) is 0.378. The van der Waals surface area contributed by atoms with Crippen LogP contribution in [-0.2, 0) is 10.0 Å². The number of aromatic nitrogens is 7. The molecule has 5 aromatic rings. The molecule has 10 nitrogen and oxygen atoms in total. The fraction of sp³-hybridized carbons (Fsp3) is 0.333. The first-order chi connectivity index (χ1) is 17.1. The standard InChI is InChI=1S/C24H26N8O2S/c1-2-8-30-10-6-17(7-11-30)24-19(14-27-29-24)18-12-21-20(25-13-18)15-28-32(21)35(33,34)23-16-26-22-5-3-4-9-31(22)23/h3-5,9,12-17H,2,6-8,10-11H2,1H3,(H,27,29). The van der Waals surface area contributed by atoms with Crippen molar-refractivity contribution < 1.29 is 8.42 Å². The summed E-state index contributed by atoms with van der Waals surface area (Å²) in [6.07, 6.45) is 11.3. The molecule has 0 radical (unpaired) electrons. The first-order valence-corrected chi connectivity index (χ1v) is 13.3. The van der Waals surface area contributed by atoms with Crippen LogP contribution in [0.4, 0.5) is 0 Å². The van der Waals surface area contributed by atoms with Gasteiger partial charge in [0.25, 0.3) is 0 Å². The topological polar surface area (TPSA) is 114 Å². The van der Waals surface area contributed by atoms with Gasteiger partial charge in [0.05, 0.1) is 18.6 Å². The number of nitrogens with zero attached hydrogens (tertiary/aromatic N) is 7. The van der Waals surface area contributed by atoms with Gasteiger partial charge in [0, 0.05) is 35.1 Å². The molecule has 1 N–H and O–H groups in total. The molecule has 0 atom stereocenters. The van der Waals surface area contributed by atoms with Crippen molar-refractivity contribution in [2.45, 2.75) is 37.1 Å². The summed E-state index contributed by atoms with van der Waals surface area (Å²) >= 11 is 0. The molecule has 5 aromatic heterocycles. The maximum Gasteiger partial charge on any atom is 0.301 e. The third-order valence-corrected chi connectivity index (χ3v) is 8.36. The van der Waals surface area contributed by atoms with E-state index in [9.17, 15) is 8.42 Å². The minimum atomic E-state index is -4.00. The number of rotatable bonds is 6. The Morgan fingerprint density at radius 1 is 1.09 bits per heavy atom. The summed E-state index contributed by atoms with van der Waals surface area (Å²) in [6, 6.07) is 7.17. The minimum absolute atomic E-state index is 0.0475. The predicted octanol–water partition coefficient (Wildman–Crippen LogP) is 3.30. The van der Waals surface area contributed by atoms with Crippen LogP contribution >= 0.6 is 0 Å². The molecule has 1 aliphatic rings. The van der Waals surface area contributed by atoms with Gasteiger partial charge in [-0.15, -0.1) is 0 Å². The lowest BCUT2D eigenvalue weighted by Gasteiger charge is -2.31. The number of aromatic amines is 1. The second-order valence-corrected chi connectivity index (χ2v) is 10.7. The van der Waals surface area contributed by atoms with E-state index in [2.05, 4.69) is 37.1 Å². The molecule has 0 unspecified atom stereocenters. The highest BCUT2D eigenvalue weighted by molar-refractivity contribution is 7.90. The summed E-state index contributed by atoms with van der Waals surface area (Å²) in [5, 5.41) is 11.8. The van der Waals surface area contributed by atoms with E-state index in [1.807, 2.05) is 12.1 Å². The molecule has 0 amide bonds. The van der Waals surface area contributed by atoms with Crippen LogP contribution in [0.1, 0.15) is 37.8 Å². The Balaban J connectivity index is 1.38. The summed E-state index contributed by atoms with van der Waals surface area (Å²) < 4.78 is 29.7.